The minimum absolute atomic E-state index is 0.263. The van der Waals surface area contributed by atoms with Gasteiger partial charge in [-0.2, -0.15) is 0 Å². The SMILES string of the molecule is CCOOCc1ccc(C(=O)Nc2cccc(Cl)c2Cl)cc1. The Bertz CT molecular complexity index is 644. The van der Waals surface area contributed by atoms with E-state index >= 15 is 0 Å². The van der Waals surface area contributed by atoms with Crippen LogP contribution in [0.3, 0.4) is 0 Å². The van der Waals surface area contributed by atoms with Crippen molar-refractivity contribution < 1.29 is 14.6 Å². The smallest absolute Gasteiger partial charge is 0.255 e. The van der Waals surface area contributed by atoms with Crippen molar-refractivity contribution in [1.82, 2.24) is 0 Å². The predicted octanol–water partition coefficient (Wildman–Crippen LogP) is 4.71. The number of anilines is 1. The van der Waals surface area contributed by atoms with E-state index in [4.69, 9.17) is 33.0 Å². The third kappa shape index (κ3) is 4.45. The molecule has 0 bridgehead atoms. The van der Waals surface area contributed by atoms with E-state index in [0.717, 1.165) is 5.56 Å². The summed E-state index contributed by atoms with van der Waals surface area (Å²) in [6.07, 6.45) is 0. The molecule has 6 heteroatoms. The second kappa shape index (κ2) is 8.15. The van der Waals surface area contributed by atoms with E-state index < -0.39 is 0 Å². The first kappa shape index (κ1) is 16.8. The van der Waals surface area contributed by atoms with E-state index in [1.165, 1.54) is 0 Å². The lowest BCUT2D eigenvalue weighted by Crippen LogP contribution is -2.12. The minimum atomic E-state index is -0.263. The normalized spacial score (nSPS) is 10.5. The summed E-state index contributed by atoms with van der Waals surface area (Å²) in [7, 11) is 0. The summed E-state index contributed by atoms with van der Waals surface area (Å²) in [6, 6.07) is 12.1. The van der Waals surface area contributed by atoms with Crippen LogP contribution in [0.2, 0.25) is 10.0 Å². The highest BCUT2D eigenvalue weighted by Crippen LogP contribution is 2.29. The van der Waals surface area contributed by atoms with Crippen LogP contribution < -0.4 is 5.32 Å². The fourth-order valence-corrected chi connectivity index (χ4v) is 2.09. The van der Waals surface area contributed by atoms with Crippen LogP contribution in [0.15, 0.2) is 42.5 Å². The van der Waals surface area contributed by atoms with Crippen molar-refractivity contribution in [2.24, 2.45) is 0 Å². The lowest BCUT2D eigenvalue weighted by molar-refractivity contribution is -0.300. The highest BCUT2D eigenvalue weighted by molar-refractivity contribution is 6.44. The van der Waals surface area contributed by atoms with Gasteiger partial charge in [0, 0.05) is 5.56 Å². The number of hydrogen-bond acceptors (Lipinski definition) is 3. The Hall–Kier alpha value is -1.59. The Labute approximate surface area is 138 Å². The van der Waals surface area contributed by atoms with Gasteiger partial charge in [-0.1, -0.05) is 41.4 Å². The number of nitrogens with one attached hydrogen (secondary N) is 1. The molecular weight excluding hydrogens is 325 g/mol. The third-order valence-electron chi connectivity index (χ3n) is 2.84. The van der Waals surface area contributed by atoms with Gasteiger partial charge in [0.05, 0.1) is 22.3 Å². The fraction of sp³-hybridized carbons (Fsp3) is 0.188. The van der Waals surface area contributed by atoms with Crippen molar-refractivity contribution >= 4 is 34.8 Å². The van der Waals surface area contributed by atoms with Gasteiger partial charge in [-0.3, -0.25) is 4.79 Å². The molecule has 0 aliphatic rings. The minimum Gasteiger partial charge on any atom is -0.321 e. The zero-order valence-electron chi connectivity index (χ0n) is 11.9. The molecule has 22 heavy (non-hydrogen) atoms. The van der Waals surface area contributed by atoms with Crippen molar-refractivity contribution in [2.45, 2.75) is 13.5 Å². The summed E-state index contributed by atoms with van der Waals surface area (Å²) in [4.78, 5) is 22.0. The average molecular weight is 340 g/mol. The number of amides is 1. The Morgan fingerprint density at radius 1 is 1.09 bits per heavy atom. The monoisotopic (exact) mass is 339 g/mol. The number of carbonyl (C=O) groups excluding carboxylic acids is 1. The molecule has 116 valence electrons. The van der Waals surface area contributed by atoms with Crippen LogP contribution in [0.1, 0.15) is 22.8 Å². The van der Waals surface area contributed by atoms with Crippen LogP contribution >= 0.6 is 23.2 Å². The van der Waals surface area contributed by atoms with Gasteiger partial charge in [-0.15, -0.1) is 0 Å². The summed E-state index contributed by atoms with van der Waals surface area (Å²) < 4.78 is 0. The maximum absolute atomic E-state index is 12.2. The van der Waals surface area contributed by atoms with Crippen LogP contribution in [0.5, 0.6) is 0 Å². The van der Waals surface area contributed by atoms with Crippen molar-refractivity contribution in [2.75, 3.05) is 11.9 Å². The highest BCUT2D eigenvalue weighted by Gasteiger charge is 2.10. The maximum atomic E-state index is 12.2. The molecular formula is C16H15Cl2NO3. The summed E-state index contributed by atoms with van der Waals surface area (Å²) in [5.74, 6) is -0.263. The highest BCUT2D eigenvalue weighted by atomic mass is 35.5. The lowest BCUT2D eigenvalue weighted by atomic mass is 10.1. The Morgan fingerprint density at radius 3 is 2.50 bits per heavy atom. The summed E-state index contributed by atoms with van der Waals surface area (Å²) in [5.41, 5.74) is 1.89. The van der Waals surface area contributed by atoms with Gasteiger partial charge in [0.1, 0.15) is 6.61 Å². The Morgan fingerprint density at radius 2 is 1.82 bits per heavy atom. The standard InChI is InChI=1S/C16H15Cl2NO3/c1-2-21-22-10-11-6-8-12(9-7-11)16(20)19-14-5-3-4-13(17)15(14)18/h3-9H,2,10H2,1H3,(H,19,20). The summed E-state index contributed by atoms with van der Waals surface area (Å²) >= 11 is 12.0. The Balaban J connectivity index is 2.02. The van der Waals surface area contributed by atoms with Crippen molar-refractivity contribution in [1.29, 1.82) is 0 Å². The van der Waals surface area contributed by atoms with Gasteiger partial charge in [-0.25, -0.2) is 9.78 Å². The van der Waals surface area contributed by atoms with Crippen molar-refractivity contribution in [3.05, 3.63) is 63.6 Å². The predicted molar refractivity (Wildman–Crippen MR) is 87.3 cm³/mol. The summed E-state index contributed by atoms with van der Waals surface area (Å²) in [6.45, 7) is 2.66. The molecule has 2 aromatic rings. The van der Waals surface area contributed by atoms with Gasteiger partial charge in [0.25, 0.3) is 5.91 Å². The molecule has 0 unspecified atom stereocenters. The molecule has 0 saturated carbocycles. The molecule has 0 aliphatic heterocycles. The zero-order chi connectivity index (χ0) is 15.9. The topological polar surface area (TPSA) is 47.6 Å². The van der Waals surface area contributed by atoms with Crippen LogP contribution in [0.25, 0.3) is 0 Å². The van der Waals surface area contributed by atoms with Crippen LogP contribution in [-0.2, 0) is 16.4 Å². The lowest BCUT2D eigenvalue weighted by Gasteiger charge is -2.09. The zero-order valence-corrected chi connectivity index (χ0v) is 13.4. The maximum Gasteiger partial charge on any atom is 0.255 e. The van der Waals surface area contributed by atoms with E-state index in [-0.39, 0.29) is 5.91 Å². The molecule has 0 atom stereocenters. The molecule has 0 aliphatic carbocycles. The van der Waals surface area contributed by atoms with E-state index in [9.17, 15) is 4.79 Å². The quantitative estimate of drug-likeness (QED) is 0.470. The first-order valence-corrected chi connectivity index (χ1v) is 7.46. The summed E-state index contributed by atoms with van der Waals surface area (Å²) in [5, 5.41) is 3.44. The van der Waals surface area contributed by atoms with Crippen LogP contribution in [0, 0.1) is 0 Å². The van der Waals surface area contributed by atoms with Gasteiger partial charge in [0.2, 0.25) is 0 Å². The number of rotatable bonds is 6. The van der Waals surface area contributed by atoms with Gasteiger partial charge in [0.15, 0.2) is 0 Å². The molecule has 1 N–H and O–H groups in total. The number of hydrogen-bond donors (Lipinski definition) is 1. The molecule has 2 aromatic carbocycles. The molecule has 4 nitrogen and oxygen atoms in total. The molecule has 0 radical (unpaired) electrons. The van der Waals surface area contributed by atoms with Crippen LogP contribution in [-0.4, -0.2) is 12.5 Å². The van der Waals surface area contributed by atoms with E-state index in [2.05, 4.69) is 5.32 Å². The second-order valence-corrected chi connectivity index (χ2v) is 5.21. The molecule has 0 fully saturated rings. The second-order valence-electron chi connectivity index (χ2n) is 4.42. The molecule has 0 spiro atoms. The molecule has 0 saturated heterocycles. The molecule has 0 heterocycles. The first-order chi connectivity index (χ1) is 10.6. The van der Waals surface area contributed by atoms with E-state index in [0.29, 0.717) is 34.5 Å². The fourth-order valence-electron chi connectivity index (χ4n) is 1.74. The average Bonchev–Trinajstić information content (AvgIpc) is 2.53. The van der Waals surface area contributed by atoms with E-state index in [1.54, 1.807) is 42.5 Å². The van der Waals surface area contributed by atoms with Gasteiger partial charge < -0.3 is 5.32 Å². The van der Waals surface area contributed by atoms with Crippen molar-refractivity contribution in [3.63, 3.8) is 0 Å². The third-order valence-corrected chi connectivity index (χ3v) is 3.66. The number of benzene rings is 2. The van der Waals surface area contributed by atoms with Crippen molar-refractivity contribution in [3.8, 4) is 0 Å². The Kier molecular flexibility index (Phi) is 6.21. The number of halogens is 2. The van der Waals surface area contributed by atoms with Gasteiger partial charge >= 0.3 is 0 Å². The first-order valence-electron chi connectivity index (χ1n) is 6.70. The molecule has 0 aromatic heterocycles. The van der Waals surface area contributed by atoms with E-state index in [1.807, 2.05) is 6.92 Å². The van der Waals surface area contributed by atoms with Gasteiger partial charge in [-0.05, 0) is 36.8 Å². The molecule has 1 amide bonds. The van der Waals surface area contributed by atoms with Crippen LogP contribution in [0.4, 0.5) is 5.69 Å². The molecule has 2 rings (SSSR count). The largest absolute Gasteiger partial charge is 0.321 e. The number of carbonyl (C=O) groups is 1.